The van der Waals surface area contributed by atoms with E-state index in [1.54, 1.807) is 0 Å². The van der Waals surface area contributed by atoms with E-state index in [2.05, 4.69) is 0 Å². The molecule has 1 atom stereocenters. The highest BCUT2D eigenvalue weighted by Crippen LogP contribution is 2.06. The van der Waals surface area contributed by atoms with Crippen LogP contribution >= 0.6 is 11.8 Å². The van der Waals surface area contributed by atoms with Crippen LogP contribution in [0.1, 0.15) is 6.92 Å². The monoisotopic (exact) mass is 148 g/mol. The summed E-state index contributed by atoms with van der Waals surface area (Å²) in [5.41, 5.74) is 10.2. The molecule has 4 N–H and O–H groups in total. The van der Waals surface area contributed by atoms with E-state index >= 15 is 0 Å². The second kappa shape index (κ2) is 4.64. The molecular weight excluding hydrogens is 136 g/mol. The fraction of sp³-hybridized carbons (Fsp3) is 0.800. The van der Waals surface area contributed by atoms with Gasteiger partial charge in [0.25, 0.3) is 0 Å². The van der Waals surface area contributed by atoms with Crippen LogP contribution in [0, 0.1) is 0 Å². The number of carbonyl (C=O) groups excluding carboxylic acids is 1. The summed E-state index contributed by atoms with van der Waals surface area (Å²) in [4.78, 5) is 10.2. The minimum Gasteiger partial charge on any atom is -0.369 e. The number of hydrogen-bond acceptors (Lipinski definition) is 3. The highest BCUT2D eigenvalue weighted by Gasteiger charge is 2.00. The van der Waals surface area contributed by atoms with Crippen LogP contribution in [0.25, 0.3) is 0 Å². The number of thioether (sulfide) groups is 1. The molecule has 54 valence electrons. The molecule has 0 saturated carbocycles. The van der Waals surface area contributed by atoms with Gasteiger partial charge in [-0.2, -0.15) is 0 Å². The van der Waals surface area contributed by atoms with Crippen molar-refractivity contribution in [3.63, 3.8) is 0 Å². The maximum Gasteiger partial charge on any atom is 0.227 e. The van der Waals surface area contributed by atoms with Gasteiger partial charge in [-0.05, 0) is 0 Å². The van der Waals surface area contributed by atoms with E-state index in [0.717, 1.165) is 0 Å². The minimum atomic E-state index is -0.277. The van der Waals surface area contributed by atoms with E-state index in [1.807, 2.05) is 6.92 Å². The van der Waals surface area contributed by atoms with Gasteiger partial charge in [0, 0.05) is 11.8 Å². The molecule has 0 aliphatic rings. The van der Waals surface area contributed by atoms with Crippen molar-refractivity contribution in [2.45, 2.75) is 12.2 Å². The first-order valence-electron chi connectivity index (χ1n) is 2.76. The lowest BCUT2D eigenvalue weighted by Gasteiger charge is -2.03. The number of carbonyl (C=O) groups is 1. The second-order valence-electron chi connectivity index (χ2n) is 1.82. The van der Waals surface area contributed by atoms with Crippen molar-refractivity contribution >= 4 is 17.7 Å². The second-order valence-corrected chi connectivity index (χ2v) is 3.25. The molecule has 0 radical (unpaired) electrons. The molecule has 3 nitrogen and oxygen atoms in total. The molecule has 4 heteroatoms. The van der Waals surface area contributed by atoms with Crippen molar-refractivity contribution in [1.29, 1.82) is 0 Å². The molecular formula is C5H12N2OS. The molecule has 0 heterocycles. The van der Waals surface area contributed by atoms with E-state index < -0.39 is 0 Å². The summed E-state index contributed by atoms with van der Waals surface area (Å²) in [5, 5.41) is 0.331. The van der Waals surface area contributed by atoms with Crippen molar-refractivity contribution in [3.8, 4) is 0 Å². The van der Waals surface area contributed by atoms with E-state index in [0.29, 0.717) is 17.5 Å². The molecule has 0 saturated heterocycles. The summed E-state index contributed by atoms with van der Waals surface area (Å²) < 4.78 is 0. The smallest absolute Gasteiger partial charge is 0.227 e. The lowest BCUT2D eigenvalue weighted by molar-refractivity contribution is -0.115. The Balaban J connectivity index is 3.16. The lowest BCUT2D eigenvalue weighted by atomic mass is 10.5. The van der Waals surface area contributed by atoms with Gasteiger partial charge in [0.15, 0.2) is 0 Å². The van der Waals surface area contributed by atoms with Crippen molar-refractivity contribution in [2.75, 3.05) is 12.3 Å². The third-order valence-electron chi connectivity index (χ3n) is 0.842. The maximum absolute atomic E-state index is 10.2. The van der Waals surface area contributed by atoms with Gasteiger partial charge in [-0.15, -0.1) is 11.8 Å². The molecule has 0 rings (SSSR count). The Bertz CT molecular complexity index is 97.0. The van der Waals surface area contributed by atoms with Gasteiger partial charge in [-0.25, -0.2) is 0 Å². The number of rotatable bonds is 4. The maximum atomic E-state index is 10.2. The average molecular weight is 148 g/mol. The summed E-state index contributed by atoms with van der Waals surface area (Å²) in [5.74, 6) is 0.0959. The lowest BCUT2D eigenvalue weighted by Crippen LogP contribution is -2.19. The quantitative estimate of drug-likeness (QED) is 0.567. The predicted octanol–water partition coefficient (Wildman–Crippen LogP) is -0.448. The van der Waals surface area contributed by atoms with Crippen LogP contribution in [0.2, 0.25) is 0 Å². The Hall–Kier alpha value is -0.220. The molecule has 0 spiro atoms. The summed E-state index contributed by atoms with van der Waals surface area (Å²) in [6, 6.07) is 0. The number of hydrogen-bond donors (Lipinski definition) is 2. The summed E-state index contributed by atoms with van der Waals surface area (Å²) in [6.07, 6.45) is 0. The van der Waals surface area contributed by atoms with Crippen molar-refractivity contribution in [1.82, 2.24) is 0 Å². The summed E-state index contributed by atoms with van der Waals surface area (Å²) in [7, 11) is 0. The van der Waals surface area contributed by atoms with Crippen LogP contribution in [0.15, 0.2) is 0 Å². The third kappa shape index (κ3) is 5.65. The van der Waals surface area contributed by atoms with Crippen LogP contribution in [-0.2, 0) is 4.79 Å². The third-order valence-corrected chi connectivity index (χ3v) is 2.05. The van der Waals surface area contributed by atoms with Crippen LogP contribution in [0.3, 0.4) is 0 Å². The molecule has 0 aliphatic heterocycles. The molecule has 0 aromatic heterocycles. The molecule has 1 amide bonds. The highest BCUT2D eigenvalue weighted by atomic mass is 32.2. The molecule has 0 aliphatic carbocycles. The fourth-order valence-corrected chi connectivity index (χ4v) is 0.877. The molecule has 0 aromatic rings. The molecule has 0 fully saturated rings. The predicted molar refractivity (Wildman–Crippen MR) is 40.2 cm³/mol. The minimum absolute atomic E-state index is 0.277. The first-order chi connectivity index (χ1) is 4.16. The standard InChI is InChI=1S/C5H12N2OS/c1-4(2-6)9-3-5(7)8/h4H,2-3,6H2,1H3,(H2,7,8). The van der Waals surface area contributed by atoms with Gasteiger partial charge in [-0.3, -0.25) is 4.79 Å². The van der Waals surface area contributed by atoms with E-state index in [1.165, 1.54) is 11.8 Å². The normalized spacial score (nSPS) is 13.1. The summed E-state index contributed by atoms with van der Waals surface area (Å²) >= 11 is 1.48. The van der Waals surface area contributed by atoms with E-state index in [4.69, 9.17) is 11.5 Å². The van der Waals surface area contributed by atoms with Gasteiger partial charge < -0.3 is 11.5 Å². The SMILES string of the molecule is CC(CN)SCC(N)=O. The Morgan fingerprint density at radius 3 is 2.67 bits per heavy atom. The topological polar surface area (TPSA) is 69.1 Å². The van der Waals surface area contributed by atoms with Crippen molar-refractivity contribution in [3.05, 3.63) is 0 Å². The number of primary amides is 1. The molecule has 0 aromatic carbocycles. The fourth-order valence-electron chi connectivity index (χ4n) is 0.292. The van der Waals surface area contributed by atoms with Crippen LogP contribution in [0.4, 0.5) is 0 Å². The van der Waals surface area contributed by atoms with Crippen LogP contribution in [-0.4, -0.2) is 23.5 Å². The van der Waals surface area contributed by atoms with Crippen molar-refractivity contribution in [2.24, 2.45) is 11.5 Å². The van der Waals surface area contributed by atoms with Crippen LogP contribution in [0.5, 0.6) is 0 Å². The van der Waals surface area contributed by atoms with Gasteiger partial charge in [0.05, 0.1) is 5.75 Å². The average Bonchev–Trinajstić information content (AvgIpc) is 1.83. The van der Waals surface area contributed by atoms with Crippen molar-refractivity contribution < 1.29 is 4.79 Å². The highest BCUT2D eigenvalue weighted by molar-refractivity contribution is 8.00. The summed E-state index contributed by atoms with van der Waals surface area (Å²) in [6.45, 7) is 2.56. The molecule has 9 heavy (non-hydrogen) atoms. The largest absolute Gasteiger partial charge is 0.369 e. The Morgan fingerprint density at radius 2 is 2.33 bits per heavy atom. The first kappa shape index (κ1) is 8.78. The Morgan fingerprint density at radius 1 is 1.78 bits per heavy atom. The molecule has 1 unspecified atom stereocenters. The zero-order chi connectivity index (χ0) is 7.28. The number of nitrogens with two attached hydrogens (primary N) is 2. The van der Waals surface area contributed by atoms with Gasteiger partial charge in [-0.1, -0.05) is 6.92 Å². The van der Waals surface area contributed by atoms with Gasteiger partial charge >= 0.3 is 0 Å². The first-order valence-corrected chi connectivity index (χ1v) is 3.81. The zero-order valence-electron chi connectivity index (χ0n) is 5.46. The van der Waals surface area contributed by atoms with Crippen LogP contribution < -0.4 is 11.5 Å². The Labute approximate surface area is 59.2 Å². The molecule has 0 bridgehead atoms. The van der Waals surface area contributed by atoms with E-state index in [-0.39, 0.29) is 5.91 Å². The van der Waals surface area contributed by atoms with Gasteiger partial charge in [0.1, 0.15) is 0 Å². The van der Waals surface area contributed by atoms with Gasteiger partial charge in [0.2, 0.25) is 5.91 Å². The Kier molecular flexibility index (Phi) is 4.53. The zero-order valence-corrected chi connectivity index (χ0v) is 6.28. The number of amides is 1. The van der Waals surface area contributed by atoms with E-state index in [9.17, 15) is 4.79 Å².